The van der Waals surface area contributed by atoms with E-state index in [1.54, 1.807) is 23.9 Å². The first-order valence-corrected chi connectivity index (χ1v) is 8.09. The van der Waals surface area contributed by atoms with Crippen molar-refractivity contribution in [1.82, 2.24) is 0 Å². The SMILES string of the molecule is CN(C)c1ccccc1NC1CCSc2c(F)cccc21. The van der Waals surface area contributed by atoms with E-state index < -0.39 is 0 Å². The van der Waals surface area contributed by atoms with Crippen LogP contribution in [0.1, 0.15) is 18.0 Å². The van der Waals surface area contributed by atoms with Crippen LogP contribution in [-0.4, -0.2) is 19.8 Å². The summed E-state index contributed by atoms with van der Waals surface area (Å²) in [6, 6.07) is 13.8. The molecule has 2 nitrogen and oxygen atoms in total. The maximum absolute atomic E-state index is 13.9. The molecule has 0 saturated carbocycles. The molecule has 0 amide bonds. The Morgan fingerprint density at radius 1 is 1.14 bits per heavy atom. The summed E-state index contributed by atoms with van der Waals surface area (Å²) in [7, 11) is 4.07. The van der Waals surface area contributed by atoms with Crippen LogP contribution in [0.4, 0.5) is 15.8 Å². The highest BCUT2D eigenvalue weighted by Crippen LogP contribution is 2.40. The third kappa shape index (κ3) is 2.86. The molecule has 0 saturated heterocycles. The Morgan fingerprint density at radius 2 is 1.95 bits per heavy atom. The summed E-state index contributed by atoms with van der Waals surface area (Å²) >= 11 is 1.61. The first-order valence-electron chi connectivity index (χ1n) is 7.11. The largest absolute Gasteiger partial charge is 0.376 e. The van der Waals surface area contributed by atoms with Crippen LogP contribution in [0, 0.1) is 5.82 Å². The quantitative estimate of drug-likeness (QED) is 0.896. The van der Waals surface area contributed by atoms with Gasteiger partial charge in [0.15, 0.2) is 0 Å². The third-order valence-corrected chi connectivity index (χ3v) is 4.90. The smallest absolute Gasteiger partial charge is 0.137 e. The van der Waals surface area contributed by atoms with Crippen molar-refractivity contribution in [2.45, 2.75) is 17.4 Å². The second-order valence-electron chi connectivity index (χ2n) is 5.40. The maximum Gasteiger partial charge on any atom is 0.137 e. The highest BCUT2D eigenvalue weighted by Gasteiger charge is 2.23. The molecule has 110 valence electrons. The van der Waals surface area contributed by atoms with Crippen molar-refractivity contribution in [3.63, 3.8) is 0 Å². The van der Waals surface area contributed by atoms with Gasteiger partial charge in [-0.15, -0.1) is 11.8 Å². The van der Waals surface area contributed by atoms with Crippen LogP contribution in [0.25, 0.3) is 0 Å². The lowest BCUT2D eigenvalue weighted by molar-refractivity contribution is 0.585. The van der Waals surface area contributed by atoms with E-state index in [0.29, 0.717) is 0 Å². The Bertz CT molecular complexity index is 642. The number of fused-ring (bicyclic) bond motifs is 1. The Kier molecular flexibility index (Phi) is 4.06. The Labute approximate surface area is 129 Å². The lowest BCUT2D eigenvalue weighted by Gasteiger charge is -2.29. The molecule has 2 aromatic carbocycles. The van der Waals surface area contributed by atoms with Crippen LogP contribution in [0.5, 0.6) is 0 Å². The van der Waals surface area contributed by atoms with E-state index in [1.807, 2.05) is 32.3 Å². The van der Waals surface area contributed by atoms with Gasteiger partial charge in [-0.1, -0.05) is 24.3 Å². The van der Waals surface area contributed by atoms with Gasteiger partial charge < -0.3 is 10.2 Å². The number of anilines is 2. The minimum absolute atomic E-state index is 0.107. The van der Waals surface area contributed by atoms with Gasteiger partial charge >= 0.3 is 0 Å². The van der Waals surface area contributed by atoms with E-state index in [1.165, 1.54) is 0 Å². The van der Waals surface area contributed by atoms with Gasteiger partial charge in [-0.3, -0.25) is 0 Å². The fourth-order valence-corrected chi connectivity index (χ4v) is 3.85. The normalized spacial score (nSPS) is 17.2. The Balaban J connectivity index is 1.93. The fraction of sp³-hybridized carbons (Fsp3) is 0.294. The first kappa shape index (κ1) is 14.3. The number of para-hydroxylation sites is 2. The van der Waals surface area contributed by atoms with E-state index in [2.05, 4.69) is 22.3 Å². The number of benzene rings is 2. The fourth-order valence-electron chi connectivity index (χ4n) is 2.71. The van der Waals surface area contributed by atoms with E-state index in [9.17, 15) is 4.39 Å². The number of nitrogens with zero attached hydrogens (tertiary/aromatic N) is 1. The molecule has 1 aliphatic rings. The zero-order valence-electron chi connectivity index (χ0n) is 12.3. The van der Waals surface area contributed by atoms with Crippen LogP contribution in [0.2, 0.25) is 0 Å². The number of hydrogen-bond acceptors (Lipinski definition) is 3. The van der Waals surface area contributed by atoms with Gasteiger partial charge in [0.05, 0.1) is 17.4 Å². The zero-order valence-corrected chi connectivity index (χ0v) is 13.1. The number of rotatable bonds is 3. The molecule has 4 heteroatoms. The van der Waals surface area contributed by atoms with Crippen LogP contribution < -0.4 is 10.2 Å². The number of nitrogens with one attached hydrogen (secondary N) is 1. The third-order valence-electron chi connectivity index (χ3n) is 3.74. The second-order valence-corrected chi connectivity index (χ2v) is 6.51. The van der Waals surface area contributed by atoms with Crippen LogP contribution >= 0.6 is 11.8 Å². The average molecular weight is 302 g/mol. The molecular formula is C17H19FN2S. The number of thioether (sulfide) groups is 1. The van der Waals surface area contributed by atoms with Crippen molar-refractivity contribution in [2.24, 2.45) is 0 Å². The molecule has 0 bridgehead atoms. The standard InChI is InChI=1S/C17H19FN2S/c1-20(2)16-9-4-3-8-15(16)19-14-10-11-21-17-12(14)6-5-7-13(17)18/h3-9,14,19H,10-11H2,1-2H3. The monoisotopic (exact) mass is 302 g/mol. The summed E-state index contributed by atoms with van der Waals surface area (Å²) in [6.07, 6.45) is 1.00. The van der Waals surface area contributed by atoms with Crippen molar-refractivity contribution in [3.05, 3.63) is 53.8 Å². The molecule has 0 spiro atoms. The molecule has 0 radical (unpaired) electrons. The average Bonchev–Trinajstić information content (AvgIpc) is 2.49. The summed E-state index contributed by atoms with van der Waals surface area (Å²) < 4.78 is 13.9. The molecule has 0 fully saturated rings. The van der Waals surface area contributed by atoms with Crippen molar-refractivity contribution >= 4 is 23.1 Å². The predicted octanol–water partition coefficient (Wildman–Crippen LogP) is 4.54. The lowest BCUT2D eigenvalue weighted by atomic mass is 10.0. The zero-order chi connectivity index (χ0) is 14.8. The lowest BCUT2D eigenvalue weighted by Crippen LogP contribution is -2.19. The van der Waals surface area contributed by atoms with Crippen molar-refractivity contribution in [1.29, 1.82) is 0 Å². The Hall–Kier alpha value is -1.68. The van der Waals surface area contributed by atoms with E-state index in [4.69, 9.17) is 0 Å². The van der Waals surface area contributed by atoms with Crippen LogP contribution in [-0.2, 0) is 0 Å². The van der Waals surface area contributed by atoms with Crippen LogP contribution in [0.15, 0.2) is 47.4 Å². The van der Waals surface area contributed by atoms with E-state index in [0.717, 1.165) is 34.0 Å². The van der Waals surface area contributed by atoms with Gasteiger partial charge in [0.2, 0.25) is 0 Å². The van der Waals surface area contributed by atoms with Gasteiger partial charge in [-0.05, 0) is 30.2 Å². The molecule has 21 heavy (non-hydrogen) atoms. The topological polar surface area (TPSA) is 15.3 Å². The van der Waals surface area contributed by atoms with Gasteiger partial charge in [-0.25, -0.2) is 4.39 Å². The van der Waals surface area contributed by atoms with Gasteiger partial charge in [0.25, 0.3) is 0 Å². The van der Waals surface area contributed by atoms with Crippen molar-refractivity contribution in [3.8, 4) is 0 Å². The van der Waals surface area contributed by atoms with Gasteiger partial charge in [0, 0.05) is 24.7 Å². The molecule has 1 atom stereocenters. The van der Waals surface area contributed by atoms with Crippen molar-refractivity contribution < 1.29 is 4.39 Å². The van der Waals surface area contributed by atoms with Gasteiger partial charge in [0.1, 0.15) is 5.82 Å². The molecule has 1 aliphatic heterocycles. The molecule has 3 rings (SSSR count). The molecular weight excluding hydrogens is 283 g/mol. The molecule has 0 aromatic heterocycles. The second kappa shape index (κ2) is 5.98. The highest BCUT2D eigenvalue weighted by molar-refractivity contribution is 7.99. The molecule has 1 unspecified atom stereocenters. The molecule has 0 aliphatic carbocycles. The summed E-state index contributed by atoms with van der Waals surface area (Å²) in [5.74, 6) is 0.834. The number of halogens is 1. The molecule has 2 aromatic rings. The minimum Gasteiger partial charge on any atom is -0.376 e. The summed E-state index contributed by atoms with van der Waals surface area (Å²) in [6.45, 7) is 0. The summed E-state index contributed by atoms with van der Waals surface area (Å²) in [5, 5.41) is 3.59. The predicted molar refractivity (Wildman–Crippen MR) is 88.9 cm³/mol. The number of hydrogen-bond donors (Lipinski definition) is 1. The Morgan fingerprint density at radius 3 is 2.76 bits per heavy atom. The first-order chi connectivity index (χ1) is 10.2. The summed E-state index contributed by atoms with van der Waals surface area (Å²) in [4.78, 5) is 2.88. The summed E-state index contributed by atoms with van der Waals surface area (Å²) in [5.41, 5.74) is 3.31. The van der Waals surface area contributed by atoms with Crippen LogP contribution in [0.3, 0.4) is 0 Å². The maximum atomic E-state index is 13.9. The molecule has 1 heterocycles. The molecule has 1 N–H and O–H groups in total. The van der Waals surface area contributed by atoms with E-state index >= 15 is 0 Å². The minimum atomic E-state index is -0.107. The highest BCUT2D eigenvalue weighted by atomic mass is 32.2. The van der Waals surface area contributed by atoms with Crippen molar-refractivity contribution in [2.75, 3.05) is 30.1 Å². The van der Waals surface area contributed by atoms with Gasteiger partial charge in [-0.2, -0.15) is 0 Å². The van der Waals surface area contributed by atoms with E-state index in [-0.39, 0.29) is 11.9 Å².